The van der Waals surface area contributed by atoms with Crippen molar-refractivity contribution in [3.63, 3.8) is 0 Å². The summed E-state index contributed by atoms with van der Waals surface area (Å²) in [5.74, 6) is -0.219. The van der Waals surface area contributed by atoms with Crippen molar-refractivity contribution in [2.45, 2.75) is 19.4 Å². The molecule has 0 fully saturated rings. The van der Waals surface area contributed by atoms with Crippen LogP contribution in [0.15, 0.2) is 24.3 Å². The number of nitro benzene ring substituents is 1. The van der Waals surface area contributed by atoms with Gasteiger partial charge in [0.05, 0.1) is 12.0 Å². The Morgan fingerprint density at radius 2 is 2.21 bits per heavy atom. The fraction of sp³-hybridized carbons (Fsp3) is 0.462. The smallest absolute Gasteiger partial charge is 0.305 e. The quantitative estimate of drug-likeness (QED) is 0.428. The third kappa shape index (κ3) is 5.48. The number of hydrogen-bond donors (Lipinski definition) is 0. The van der Waals surface area contributed by atoms with Crippen LogP contribution in [0, 0.1) is 10.1 Å². The van der Waals surface area contributed by atoms with Crippen LogP contribution in [0.4, 0.5) is 5.69 Å². The summed E-state index contributed by atoms with van der Waals surface area (Å²) in [7, 11) is 3.28. The summed E-state index contributed by atoms with van der Waals surface area (Å²) >= 11 is 0. The van der Waals surface area contributed by atoms with E-state index < -0.39 is 4.92 Å². The van der Waals surface area contributed by atoms with Gasteiger partial charge in [-0.2, -0.15) is 0 Å². The third-order valence-electron chi connectivity index (χ3n) is 2.72. The number of carbonyl (C=O) groups is 1. The van der Waals surface area contributed by atoms with Crippen LogP contribution in [0.1, 0.15) is 18.4 Å². The molecule has 6 heteroatoms. The number of non-ortho nitro benzene ring substituents is 1. The van der Waals surface area contributed by atoms with Gasteiger partial charge in [0.15, 0.2) is 0 Å². The van der Waals surface area contributed by atoms with E-state index in [-0.39, 0.29) is 11.7 Å². The lowest BCUT2D eigenvalue weighted by atomic mass is 10.2. The molecule has 0 amide bonds. The van der Waals surface area contributed by atoms with Gasteiger partial charge in [0, 0.05) is 25.1 Å². The number of methoxy groups -OCH3 is 1. The molecule has 0 atom stereocenters. The summed E-state index contributed by atoms with van der Waals surface area (Å²) in [6.07, 6.45) is 1.09. The second-order valence-corrected chi connectivity index (χ2v) is 4.34. The average Bonchev–Trinajstić information content (AvgIpc) is 2.38. The molecule has 0 spiro atoms. The summed E-state index contributed by atoms with van der Waals surface area (Å²) in [6.45, 7) is 1.35. The van der Waals surface area contributed by atoms with Gasteiger partial charge in [-0.1, -0.05) is 12.1 Å². The number of rotatable bonds is 7. The van der Waals surface area contributed by atoms with Crippen molar-refractivity contribution in [3.05, 3.63) is 39.9 Å². The van der Waals surface area contributed by atoms with Gasteiger partial charge in [-0.3, -0.25) is 14.9 Å². The van der Waals surface area contributed by atoms with Gasteiger partial charge in [-0.05, 0) is 25.6 Å². The van der Waals surface area contributed by atoms with Crippen LogP contribution >= 0.6 is 0 Å². The highest BCUT2D eigenvalue weighted by atomic mass is 16.6. The molecule has 0 aromatic heterocycles. The zero-order valence-corrected chi connectivity index (χ0v) is 11.2. The van der Waals surface area contributed by atoms with E-state index in [1.165, 1.54) is 13.2 Å². The molecule has 0 unspecified atom stereocenters. The molecule has 1 aromatic rings. The lowest BCUT2D eigenvalue weighted by Gasteiger charge is -2.16. The second-order valence-electron chi connectivity index (χ2n) is 4.34. The number of hydrogen-bond acceptors (Lipinski definition) is 5. The van der Waals surface area contributed by atoms with Gasteiger partial charge in [0.25, 0.3) is 5.69 Å². The molecule has 6 nitrogen and oxygen atoms in total. The maximum Gasteiger partial charge on any atom is 0.305 e. The lowest BCUT2D eigenvalue weighted by Crippen LogP contribution is -2.20. The Morgan fingerprint density at radius 3 is 2.84 bits per heavy atom. The first kappa shape index (κ1) is 15.1. The number of carbonyl (C=O) groups excluding carboxylic acids is 1. The molecule has 0 aliphatic heterocycles. The molecule has 0 N–H and O–H groups in total. The van der Waals surface area contributed by atoms with E-state index in [9.17, 15) is 14.9 Å². The van der Waals surface area contributed by atoms with Crippen molar-refractivity contribution in [2.24, 2.45) is 0 Å². The Kier molecular flexibility index (Phi) is 5.95. The minimum atomic E-state index is -0.402. The Bertz CT molecular complexity index is 448. The van der Waals surface area contributed by atoms with Gasteiger partial charge >= 0.3 is 5.97 Å². The van der Waals surface area contributed by atoms with Crippen LogP contribution in [0.5, 0.6) is 0 Å². The number of nitro groups is 1. The molecule has 104 valence electrons. The molecule has 0 saturated heterocycles. The molecule has 0 aliphatic carbocycles. The van der Waals surface area contributed by atoms with E-state index in [4.69, 9.17) is 0 Å². The van der Waals surface area contributed by atoms with Crippen molar-refractivity contribution in [1.82, 2.24) is 4.90 Å². The third-order valence-corrected chi connectivity index (χ3v) is 2.72. The van der Waals surface area contributed by atoms with E-state index in [0.717, 1.165) is 12.1 Å². The molecule has 0 radical (unpaired) electrons. The number of esters is 1. The first-order valence-electron chi connectivity index (χ1n) is 6.01. The average molecular weight is 266 g/mol. The van der Waals surface area contributed by atoms with Crippen molar-refractivity contribution in [1.29, 1.82) is 0 Å². The highest BCUT2D eigenvalue weighted by molar-refractivity contribution is 5.69. The summed E-state index contributed by atoms with van der Waals surface area (Å²) < 4.78 is 4.56. The number of benzene rings is 1. The number of nitrogens with zero attached hydrogens (tertiary/aromatic N) is 2. The molecular formula is C13H18N2O4. The zero-order valence-electron chi connectivity index (χ0n) is 11.2. The first-order chi connectivity index (χ1) is 9.02. The highest BCUT2D eigenvalue weighted by Crippen LogP contribution is 2.14. The van der Waals surface area contributed by atoms with Crippen LogP contribution in [0.25, 0.3) is 0 Å². The van der Waals surface area contributed by atoms with Gasteiger partial charge in [0.2, 0.25) is 0 Å². The van der Waals surface area contributed by atoms with E-state index in [1.807, 2.05) is 18.0 Å². The van der Waals surface area contributed by atoms with Crippen LogP contribution in [0.3, 0.4) is 0 Å². The Labute approximate surface area is 112 Å². The second kappa shape index (κ2) is 7.48. The summed E-state index contributed by atoms with van der Waals surface area (Å²) in [5.41, 5.74) is 0.982. The monoisotopic (exact) mass is 266 g/mol. The van der Waals surface area contributed by atoms with Crippen LogP contribution < -0.4 is 0 Å². The zero-order chi connectivity index (χ0) is 14.3. The van der Waals surface area contributed by atoms with Crippen LogP contribution in [-0.4, -0.2) is 36.5 Å². The van der Waals surface area contributed by atoms with Gasteiger partial charge in [-0.25, -0.2) is 0 Å². The molecule has 19 heavy (non-hydrogen) atoms. The largest absolute Gasteiger partial charge is 0.469 e. The van der Waals surface area contributed by atoms with E-state index >= 15 is 0 Å². The van der Waals surface area contributed by atoms with Crippen LogP contribution in [-0.2, 0) is 16.1 Å². The molecule has 0 saturated carbocycles. The molecule has 1 aromatic carbocycles. The minimum Gasteiger partial charge on any atom is -0.469 e. The standard InChI is InChI=1S/C13H18N2O4/c1-14(8-4-7-13(16)19-2)10-11-5-3-6-12(9-11)15(17)18/h3,5-6,9H,4,7-8,10H2,1-2H3. The summed E-state index contributed by atoms with van der Waals surface area (Å²) in [4.78, 5) is 23.2. The van der Waals surface area contributed by atoms with Crippen molar-refractivity contribution in [3.8, 4) is 0 Å². The van der Waals surface area contributed by atoms with Gasteiger partial charge < -0.3 is 9.64 Å². The normalized spacial score (nSPS) is 10.5. The Hall–Kier alpha value is -1.95. The van der Waals surface area contributed by atoms with Gasteiger partial charge in [-0.15, -0.1) is 0 Å². The highest BCUT2D eigenvalue weighted by Gasteiger charge is 2.08. The first-order valence-corrected chi connectivity index (χ1v) is 6.01. The SMILES string of the molecule is COC(=O)CCCN(C)Cc1cccc([N+](=O)[O-])c1. The summed E-state index contributed by atoms with van der Waals surface area (Å²) in [5, 5.41) is 10.7. The van der Waals surface area contributed by atoms with Crippen LogP contribution in [0.2, 0.25) is 0 Å². The molecule has 0 heterocycles. The Balaban J connectivity index is 2.43. The van der Waals surface area contributed by atoms with Gasteiger partial charge in [0.1, 0.15) is 0 Å². The topological polar surface area (TPSA) is 72.7 Å². The molecule has 0 bridgehead atoms. The van der Waals surface area contributed by atoms with E-state index in [2.05, 4.69) is 4.74 Å². The molecule has 1 rings (SSSR count). The van der Waals surface area contributed by atoms with Crippen molar-refractivity contribution in [2.75, 3.05) is 20.7 Å². The molecule has 0 aliphatic rings. The van der Waals surface area contributed by atoms with Crippen molar-refractivity contribution < 1.29 is 14.5 Å². The minimum absolute atomic E-state index is 0.0976. The maximum absolute atomic E-state index is 11.0. The van der Waals surface area contributed by atoms with Crippen molar-refractivity contribution >= 4 is 11.7 Å². The lowest BCUT2D eigenvalue weighted by molar-refractivity contribution is -0.384. The fourth-order valence-corrected chi connectivity index (χ4v) is 1.75. The maximum atomic E-state index is 11.0. The fourth-order valence-electron chi connectivity index (χ4n) is 1.75. The number of ether oxygens (including phenoxy) is 1. The predicted octanol–water partition coefficient (Wildman–Crippen LogP) is 1.98. The predicted molar refractivity (Wildman–Crippen MR) is 70.7 cm³/mol. The Morgan fingerprint density at radius 1 is 1.47 bits per heavy atom. The van der Waals surface area contributed by atoms with E-state index in [1.54, 1.807) is 12.1 Å². The molecular weight excluding hydrogens is 248 g/mol. The summed E-state index contributed by atoms with van der Waals surface area (Å²) in [6, 6.07) is 6.57. The van der Waals surface area contributed by atoms with E-state index in [0.29, 0.717) is 19.4 Å².